The van der Waals surface area contributed by atoms with Crippen molar-refractivity contribution in [2.45, 2.75) is 69.1 Å². The Balaban J connectivity index is 1.85. The highest BCUT2D eigenvalue weighted by molar-refractivity contribution is 7.89. The number of halogens is 4. The van der Waals surface area contributed by atoms with Crippen LogP contribution in [0.15, 0.2) is 35.4 Å². The highest BCUT2D eigenvalue weighted by Gasteiger charge is 2.49. The van der Waals surface area contributed by atoms with Crippen molar-refractivity contribution in [1.82, 2.24) is 14.3 Å². The van der Waals surface area contributed by atoms with Gasteiger partial charge in [-0.1, -0.05) is 18.9 Å². The summed E-state index contributed by atoms with van der Waals surface area (Å²) in [6, 6.07) is 7.97. The minimum Gasteiger partial charge on any atom is -0.335 e. The summed E-state index contributed by atoms with van der Waals surface area (Å²) in [7, 11) is -4.54. The molecule has 2 heterocycles. The summed E-state index contributed by atoms with van der Waals surface area (Å²) in [6.07, 6.45) is -0.236. The van der Waals surface area contributed by atoms with Crippen LogP contribution in [0, 0.1) is 24.1 Å². The number of rotatable bonds is 5. The molecule has 186 valence electrons. The lowest BCUT2D eigenvalue weighted by Crippen LogP contribution is -2.54. The van der Waals surface area contributed by atoms with Crippen LogP contribution in [-0.4, -0.2) is 29.7 Å². The van der Waals surface area contributed by atoms with Crippen molar-refractivity contribution in [2.24, 2.45) is 0 Å². The Morgan fingerprint density at radius 1 is 1.14 bits per heavy atom. The molecule has 0 saturated heterocycles. The summed E-state index contributed by atoms with van der Waals surface area (Å²) in [5.41, 5.74) is -1.06. The highest BCUT2D eigenvalue weighted by atomic mass is 32.2. The second-order valence-corrected chi connectivity index (χ2v) is 11.0. The molecule has 2 aromatic heterocycles. The van der Waals surface area contributed by atoms with E-state index in [4.69, 9.17) is 0 Å². The first-order valence-electron chi connectivity index (χ1n) is 11.1. The number of alkyl halides is 3. The minimum absolute atomic E-state index is 0.0103. The smallest absolute Gasteiger partial charge is 0.335 e. The largest absolute Gasteiger partial charge is 0.407 e. The second-order valence-electron chi connectivity index (χ2n) is 9.34. The average Bonchev–Trinajstić information content (AvgIpc) is 3.40. The quantitative estimate of drug-likeness (QED) is 0.444. The van der Waals surface area contributed by atoms with Crippen molar-refractivity contribution in [3.63, 3.8) is 0 Å². The van der Waals surface area contributed by atoms with E-state index in [1.165, 1.54) is 6.07 Å². The van der Waals surface area contributed by atoms with Gasteiger partial charge in [-0.3, -0.25) is 4.98 Å². The van der Waals surface area contributed by atoms with Crippen LogP contribution in [0.5, 0.6) is 0 Å². The number of aromatic nitrogens is 2. The molecule has 3 aromatic rings. The Kier molecular flexibility index (Phi) is 6.18. The number of aryl methyl sites for hydroxylation is 1. The molecule has 11 heteroatoms. The van der Waals surface area contributed by atoms with Gasteiger partial charge in [0.2, 0.25) is 10.0 Å². The molecule has 0 atom stereocenters. The van der Waals surface area contributed by atoms with Gasteiger partial charge in [-0.25, -0.2) is 12.8 Å². The monoisotopic (exact) mass is 508 g/mol. The van der Waals surface area contributed by atoms with E-state index in [1.54, 1.807) is 23.8 Å². The number of nitrogens with one attached hydrogen (secondary N) is 1. The number of benzene rings is 1. The molecule has 0 spiro atoms. The number of nitriles is 1. The number of fused-ring (bicyclic) bond motifs is 1. The topological polar surface area (TPSA) is 87.8 Å². The van der Waals surface area contributed by atoms with E-state index in [2.05, 4.69) is 11.1 Å². The SMILES string of the molecule is Cc1ccc2c(c1F)c(C#N)c(-c1ccc(S(=O)(=O)NC(C)(C)C(F)(F)F)cn1)n2C1CCCC1. The van der Waals surface area contributed by atoms with Gasteiger partial charge >= 0.3 is 6.18 Å². The molecular weight excluding hydrogens is 484 g/mol. The molecule has 6 nitrogen and oxygen atoms in total. The predicted octanol–water partition coefficient (Wildman–Crippen LogP) is 5.76. The third-order valence-electron chi connectivity index (χ3n) is 6.49. The van der Waals surface area contributed by atoms with Gasteiger partial charge in [0, 0.05) is 12.2 Å². The predicted molar refractivity (Wildman–Crippen MR) is 123 cm³/mol. The van der Waals surface area contributed by atoms with E-state index < -0.39 is 32.5 Å². The molecular formula is C24H24F4N4O2S. The van der Waals surface area contributed by atoms with Crippen LogP contribution in [-0.2, 0) is 10.0 Å². The first-order valence-corrected chi connectivity index (χ1v) is 12.6. The number of hydrogen-bond donors (Lipinski definition) is 1. The van der Waals surface area contributed by atoms with Crippen LogP contribution >= 0.6 is 0 Å². The number of nitrogens with zero attached hydrogens (tertiary/aromatic N) is 3. The van der Waals surface area contributed by atoms with Gasteiger partial charge in [-0.05, 0) is 57.4 Å². The lowest BCUT2D eigenvalue weighted by atomic mass is 10.1. The van der Waals surface area contributed by atoms with Crippen molar-refractivity contribution in [1.29, 1.82) is 5.26 Å². The van der Waals surface area contributed by atoms with E-state index >= 15 is 4.39 Å². The van der Waals surface area contributed by atoms with Crippen LogP contribution in [0.2, 0.25) is 0 Å². The molecule has 0 bridgehead atoms. The molecule has 1 fully saturated rings. The Hall–Kier alpha value is -2.97. The fraction of sp³-hybridized carbons (Fsp3) is 0.417. The molecule has 0 aliphatic heterocycles. The van der Waals surface area contributed by atoms with Crippen LogP contribution in [0.3, 0.4) is 0 Å². The molecule has 0 unspecified atom stereocenters. The van der Waals surface area contributed by atoms with Crippen LogP contribution in [0.25, 0.3) is 22.3 Å². The first-order chi connectivity index (χ1) is 16.3. The Labute approximate surface area is 200 Å². The number of pyridine rings is 1. The van der Waals surface area contributed by atoms with E-state index in [0.717, 1.165) is 51.8 Å². The summed E-state index contributed by atoms with van der Waals surface area (Å²) in [5, 5.41) is 10.1. The van der Waals surface area contributed by atoms with Crippen molar-refractivity contribution in [2.75, 3.05) is 0 Å². The molecule has 1 N–H and O–H groups in total. The van der Waals surface area contributed by atoms with Crippen molar-refractivity contribution in [3.05, 3.63) is 47.4 Å². The number of hydrogen-bond acceptors (Lipinski definition) is 4. The Bertz CT molecular complexity index is 1430. The maximum Gasteiger partial charge on any atom is 0.407 e. The highest BCUT2D eigenvalue weighted by Crippen LogP contribution is 2.42. The molecule has 1 aromatic carbocycles. The fourth-order valence-electron chi connectivity index (χ4n) is 4.50. The normalized spacial score (nSPS) is 15.6. The molecule has 1 saturated carbocycles. The lowest BCUT2D eigenvalue weighted by molar-refractivity contribution is -0.180. The maximum atomic E-state index is 15.2. The summed E-state index contributed by atoms with van der Waals surface area (Å²) in [5.74, 6) is -0.505. The van der Waals surface area contributed by atoms with Crippen LogP contribution in [0.1, 0.15) is 56.7 Å². The van der Waals surface area contributed by atoms with E-state index in [-0.39, 0.29) is 22.7 Å². The zero-order chi connectivity index (χ0) is 25.8. The summed E-state index contributed by atoms with van der Waals surface area (Å²) in [4.78, 5) is 3.74. The third kappa shape index (κ3) is 4.29. The second kappa shape index (κ2) is 8.60. The van der Waals surface area contributed by atoms with Crippen molar-refractivity contribution in [3.8, 4) is 17.5 Å². The van der Waals surface area contributed by atoms with Gasteiger partial charge in [0.1, 0.15) is 22.3 Å². The zero-order valence-corrected chi connectivity index (χ0v) is 20.2. The maximum absolute atomic E-state index is 15.2. The third-order valence-corrected chi connectivity index (χ3v) is 8.13. The van der Waals surface area contributed by atoms with Gasteiger partial charge < -0.3 is 4.57 Å². The summed E-state index contributed by atoms with van der Waals surface area (Å²) in [6.45, 7) is 3.06. The minimum atomic E-state index is -4.81. The average molecular weight is 509 g/mol. The van der Waals surface area contributed by atoms with E-state index in [9.17, 15) is 26.9 Å². The van der Waals surface area contributed by atoms with Crippen LogP contribution < -0.4 is 4.72 Å². The first kappa shape index (κ1) is 25.1. The number of sulfonamides is 1. The Morgan fingerprint density at radius 2 is 1.80 bits per heavy atom. The van der Waals surface area contributed by atoms with Crippen molar-refractivity contribution < 1.29 is 26.0 Å². The van der Waals surface area contributed by atoms with Gasteiger partial charge in [0.25, 0.3) is 0 Å². The van der Waals surface area contributed by atoms with Gasteiger partial charge in [0.15, 0.2) is 0 Å². The van der Waals surface area contributed by atoms with Gasteiger partial charge in [0.05, 0.1) is 27.9 Å². The van der Waals surface area contributed by atoms with E-state index in [0.29, 0.717) is 16.8 Å². The standard InChI is InChI=1S/C24H24F4N4O2S/c1-14-8-11-19-20(21(14)25)17(12-29)22(32(19)15-6-4-5-7-15)18-10-9-16(13-30-18)35(33,34)31-23(2,3)24(26,27)28/h8-11,13,15,31H,4-7H2,1-3H3. The molecule has 0 radical (unpaired) electrons. The van der Waals surface area contributed by atoms with Gasteiger partial charge in [-0.15, -0.1) is 0 Å². The summed E-state index contributed by atoms with van der Waals surface area (Å²) < 4.78 is 83.5. The fourth-order valence-corrected chi connectivity index (χ4v) is 5.85. The molecule has 1 aliphatic rings. The summed E-state index contributed by atoms with van der Waals surface area (Å²) >= 11 is 0. The zero-order valence-electron chi connectivity index (χ0n) is 19.4. The van der Waals surface area contributed by atoms with Crippen molar-refractivity contribution >= 4 is 20.9 Å². The molecule has 4 rings (SSSR count). The van der Waals surface area contributed by atoms with Gasteiger partial charge in [-0.2, -0.15) is 23.2 Å². The molecule has 1 aliphatic carbocycles. The lowest BCUT2D eigenvalue weighted by Gasteiger charge is -2.28. The van der Waals surface area contributed by atoms with Crippen LogP contribution in [0.4, 0.5) is 17.6 Å². The van der Waals surface area contributed by atoms with E-state index in [1.807, 2.05) is 4.57 Å². The Morgan fingerprint density at radius 3 is 2.34 bits per heavy atom. The molecule has 0 amide bonds. The molecule has 35 heavy (non-hydrogen) atoms.